The molecular formula is C12H23ClN2O2. The molecule has 0 unspecified atom stereocenters. The van der Waals surface area contributed by atoms with Gasteiger partial charge in [0.2, 0.25) is 5.91 Å². The van der Waals surface area contributed by atoms with Crippen LogP contribution in [0.4, 0.5) is 0 Å². The van der Waals surface area contributed by atoms with Crippen LogP contribution in [0, 0.1) is 0 Å². The van der Waals surface area contributed by atoms with Crippen LogP contribution in [0.5, 0.6) is 0 Å². The van der Waals surface area contributed by atoms with Crippen LogP contribution in [0.25, 0.3) is 0 Å². The van der Waals surface area contributed by atoms with Gasteiger partial charge in [-0.3, -0.25) is 4.79 Å². The van der Waals surface area contributed by atoms with Gasteiger partial charge >= 0.3 is 0 Å². The van der Waals surface area contributed by atoms with Gasteiger partial charge in [-0.25, -0.2) is 0 Å². The normalized spacial score (nSPS) is 24.8. The molecule has 1 amide bonds. The van der Waals surface area contributed by atoms with Crippen LogP contribution in [0.15, 0.2) is 0 Å². The molecule has 2 aliphatic rings. The highest BCUT2D eigenvalue weighted by Crippen LogP contribution is 2.21. The molecule has 100 valence electrons. The van der Waals surface area contributed by atoms with E-state index in [4.69, 9.17) is 10.5 Å². The Morgan fingerprint density at radius 1 is 1.18 bits per heavy atom. The summed E-state index contributed by atoms with van der Waals surface area (Å²) >= 11 is 0. The maximum absolute atomic E-state index is 12.1. The number of hydrogen-bond donors (Lipinski definition) is 2. The fourth-order valence-corrected chi connectivity index (χ4v) is 2.54. The summed E-state index contributed by atoms with van der Waals surface area (Å²) in [7, 11) is 0. The first-order valence-corrected chi connectivity index (χ1v) is 6.38. The van der Waals surface area contributed by atoms with E-state index in [1.165, 1.54) is 19.3 Å². The highest BCUT2D eigenvalue weighted by atomic mass is 35.5. The van der Waals surface area contributed by atoms with E-state index in [0.717, 1.165) is 12.8 Å². The van der Waals surface area contributed by atoms with Crippen molar-refractivity contribution in [3.05, 3.63) is 0 Å². The van der Waals surface area contributed by atoms with Crippen LogP contribution < -0.4 is 11.1 Å². The van der Waals surface area contributed by atoms with Crippen molar-refractivity contribution in [2.24, 2.45) is 5.73 Å². The van der Waals surface area contributed by atoms with Gasteiger partial charge in [0.15, 0.2) is 0 Å². The molecule has 0 bridgehead atoms. The van der Waals surface area contributed by atoms with Crippen molar-refractivity contribution in [2.75, 3.05) is 13.2 Å². The highest BCUT2D eigenvalue weighted by molar-refractivity contribution is 5.86. The van der Waals surface area contributed by atoms with E-state index in [1.54, 1.807) is 0 Å². The Hall–Kier alpha value is -0.320. The number of nitrogens with one attached hydrogen (secondary N) is 1. The van der Waals surface area contributed by atoms with E-state index < -0.39 is 5.54 Å². The van der Waals surface area contributed by atoms with E-state index in [2.05, 4.69) is 5.32 Å². The van der Waals surface area contributed by atoms with E-state index in [1.807, 2.05) is 0 Å². The molecule has 1 heterocycles. The first-order valence-electron chi connectivity index (χ1n) is 6.38. The predicted molar refractivity (Wildman–Crippen MR) is 69.2 cm³/mol. The third-order valence-electron chi connectivity index (χ3n) is 3.78. The summed E-state index contributed by atoms with van der Waals surface area (Å²) in [4.78, 5) is 12.1. The van der Waals surface area contributed by atoms with Crippen molar-refractivity contribution in [1.29, 1.82) is 0 Å². The number of rotatable bonds is 2. The third-order valence-corrected chi connectivity index (χ3v) is 3.78. The average molecular weight is 263 g/mol. The maximum Gasteiger partial charge on any atom is 0.240 e. The summed E-state index contributed by atoms with van der Waals surface area (Å²) < 4.78 is 5.25. The zero-order valence-corrected chi connectivity index (χ0v) is 11.1. The molecule has 4 nitrogen and oxygen atoms in total. The lowest BCUT2D eigenvalue weighted by atomic mass is 9.88. The molecule has 17 heavy (non-hydrogen) atoms. The fourth-order valence-electron chi connectivity index (χ4n) is 2.54. The Bertz CT molecular complexity index is 249. The summed E-state index contributed by atoms with van der Waals surface area (Å²) in [6.45, 7) is 1.21. The monoisotopic (exact) mass is 262 g/mol. The minimum Gasteiger partial charge on any atom is -0.381 e. The molecule has 0 aromatic heterocycles. The largest absolute Gasteiger partial charge is 0.381 e. The number of carbonyl (C=O) groups excluding carboxylic acids is 1. The molecule has 5 heteroatoms. The Morgan fingerprint density at radius 3 is 2.35 bits per heavy atom. The number of ether oxygens (including phenoxy) is 1. The molecule has 2 fully saturated rings. The standard InChI is InChI=1S/C12H22N2O2.ClH/c13-12(6-8-16-9-7-12)11(15)14-10-4-2-1-3-5-10;/h10H,1-9,13H2,(H,14,15);1H. The Labute approximate surface area is 109 Å². The molecule has 3 N–H and O–H groups in total. The van der Waals surface area contributed by atoms with Gasteiger partial charge in [-0.2, -0.15) is 0 Å². The SMILES string of the molecule is Cl.NC1(C(=O)NC2CCCCC2)CCOCC1. The smallest absolute Gasteiger partial charge is 0.240 e. The van der Waals surface area contributed by atoms with Gasteiger partial charge < -0.3 is 15.8 Å². The molecule has 0 atom stereocenters. The second-order valence-corrected chi connectivity index (χ2v) is 5.08. The number of hydrogen-bond acceptors (Lipinski definition) is 3. The number of nitrogens with two attached hydrogens (primary N) is 1. The van der Waals surface area contributed by atoms with Gasteiger partial charge in [-0.15, -0.1) is 12.4 Å². The molecule has 1 aliphatic heterocycles. The predicted octanol–water partition coefficient (Wildman–Crippen LogP) is 1.36. The van der Waals surface area contributed by atoms with Crippen molar-refractivity contribution >= 4 is 18.3 Å². The first-order chi connectivity index (χ1) is 7.71. The lowest BCUT2D eigenvalue weighted by Crippen LogP contribution is -2.58. The van der Waals surface area contributed by atoms with E-state index in [9.17, 15) is 4.79 Å². The molecule has 0 aromatic rings. The van der Waals surface area contributed by atoms with Crippen molar-refractivity contribution in [2.45, 2.75) is 56.5 Å². The van der Waals surface area contributed by atoms with E-state index in [-0.39, 0.29) is 18.3 Å². The minimum absolute atomic E-state index is 0. The topological polar surface area (TPSA) is 64.4 Å². The zero-order valence-electron chi connectivity index (χ0n) is 10.2. The van der Waals surface area contributed by atoms with Gasteiger partial charge in [-0.1, -0.05) is 19.3 Å². The molecule has 2 rings (SSSR count). The average Bonchev–Trinajstić information content (AvgIpc) is 2.31. The minimum atomic E-state index is -0.685. The Morgan fingerprint density at radius 2 is 1.76 bits per heavy atom. The van der Waals surface area contributed by atoms with Gasteiger partial charge in [0.1, 0.15) is 0 Å². The van der Waals surface area contributed by atoms with Crippen LogP contribution in [-0.2, 0) is 9.53 Å². The third kappa shape index (κ3) is 3.83. The Kier molecular flexibility index (Phi) is 5.70. The lowest BCUT2D eigenvalue weighted by molar-refractivity contribution is -0.130. The zero-order chi connectivity index (χ0) is 11.4. The van der Waals surface area contributed by atoms with Crippen molar-refractivity contribution < 1.29 is 9.53 Å². The number of amides is 1. The van der Waals surface area contributed by atoms with E-state index >= 15 is 0 Å². The lowest BCUT2D eigenvalue weighted by Gasteiger charge is -2.34. The maximum atomic E-state index is 12.1. The molecule has 1 aliphatic carbocycles. The molecule has 0 radical (unpaired) electrons. The second-order valence-electron chi connectivity index (χ2n) is 5.08. The van der Waals surface area contributed by atoms with Crippen LogP contribution in [0.3, 0.4) is 0 Å². The van der Waals surface area contributed by atoms with Crippen molar-refractivity contribution in [3.8, 4) is 0 Å². The number of halogens is 1. The summed E-state index contributed by atoms with van der Waals surface area (Å²) in [5, 5.41) is 3.11. The van der Waals surface area contributed by atoms with Gasteiger partial charge in [-0.05, 0) is 25.7 Å². The first kappa shape index (κ1) is 14.7. The summed E-state index contributed by atoms with van der Waals surface area (Å²) in [6.07, 6.45) is 7.26. The second kappa shape index (κ2) is 6.57. The molecule has 1 saturated carbocycles. The van der Waals surface area contributed by atoms with Crippen LogP contribution in [0.2, 0.25) is 0 Å². The van der Waals surface area contributed by atoms with Crippen LogP contribution in [-0.4, -0.2) is 30.7 Å². The quantitative estimate of drug-likeness (QED) is 0.790. The highest BCUT2D eigenvalue weighted by Gasteiger charge is 2.36. The van der Waals surface area contributed by atoms with Crippen molar-refractivity contribution in [1.82, 2.24) is 5.32 Å². The summed E-state index contributed by atoms with van der Waals surface area (Å²) in [5.41, 5.74) is 5.44. The van der Waals surface area contributed by atoms with E-state index in [0.29, 0.717) is 32.1 Å². The van der Waals surface area contributed by atoms with Gasteiger partial charge in [0, 0.05) is 19.3 Å². The molecular weight excluding hydrogens is 240 g/mol. The summed E-state index contributed by atoms with van der Waals surface area (Å²) in [6, 6.07) is 0.351. The summed E-state index contributed by atoms with van der Waals surface area (Å²) in [5.74, 6) is 0.0303. The van der Waals surface area contributed by atoms with Crippen LogP contribution in [0.1, 0.15) is 44.9 Å². The van der Waals surface area contributed by atoms with Crippen LogP contribution >= 0.6 is 12.4 Å². The molecule has 0 aromatic carbocycles. The molecule has 0 spiro atoms. The van der Waals surface area contributed by atoms with Gasteiger partial charge in [0.25, 0.3) is 0 Å². The van der Waals surface area contributed by atoms with Crippen molar-refractivity contribution in [3.63, 3.8) is 0 Å². The molecule has 1 saturated heterocycles. The Balaban J connectivity index is 0.00000144. The fraction of sp³-hybridized carbons (Fsp3) is 0.917. The van der Waals surface area contributed by atoms with Gasteiger partial charge in [0.05, 0.1) is 5.54 Å². The number of carbonyl (C=O) groups is 1.